The van der Waals surface area contributed by atoms with Crippen molar-refractivity contribution in [3.63, 3.8) is 0 Å². The molecule has 0 spiro atoms. The van der Waals surface area contributed by atoms with Crippen LogP contribution in [-0.4, -0.2) is 59.1 Å². The van der Waals surface area contributed by atoms with Gasteiger partial charge in [-0.3, -0.25) is 4.99 Å². The zero-order valence-electron chi connectivity index (χ0n) is 17.3. The van der Waals surface area contributed by atoms with E-state index in [0.29, 0.717) is 12.5 Å². The Morgan fingerprint density at radius 1 is 1.00 bits per heavy atom. The third kappa shape index (κ3) is 10.6. The summed E-state index contributed by atoms with van der Waals surface area (Å²) in [6.45, 7) is 6.67. The third-order valence-corrected chi connectivity index (χ3v) is 4.80. The van der Waals surface area contributed by atoms with E-state index in [1.807, 2.05) is 18.2 Å². The lowest BCUT2D eigenvalue weighted by Crippen LogP contribution is -2.38. The lowest BCUT2D eigenvalue weighted by molar-refractivity contribution is 0.0203. The van der Waals surface area contributed by atoms with Crippen molar-refractivity contribution in [1.82, 2.24) is 10.6 Å². The van der Waals surface area contributed by atoms with Crippen molar-refractivity contribution in [2.45, 2.75) is 38.7 Å². The zero-order chi connectivity index (χ0) is 19.7. The van der Waals surface area contributed by atoms with Gasteiger partial charge in [-0.25, -0.2) is 0 Å². The van der Waals surface area contributed by atoms with Gasteiger partial charge in [0.1, 0.15) is 0 Å². The standard InChI is InChI=1S/C22H37N3O3/c1-23-22(25-13-7-15-28-19-21-10-16-26-17-11-21)24-12-5-6-14-27-18-20-8-3-2-4-9-20/h2-4,8-9,21H,5-7,10-19H2,1H3,(H2,23,24,25). The molecule has 1 aliphatic heterocycles. The van der Waals surface area contributed by atoms with Crippen LogP contribution in [0, 0.1) is 5.92 Å². The van der Waals surface area contributed by atoms with Crippen LogP contribution in [-0.2, 0) is 20.8 Å². The molecule has 1 aromatic carbocycles. The topological polar surface area (TPSA) is 64.1 Å². The lowest BCUT2D eigenvalue weighted by Gasteiger charge is -2.21. The van der Waals surface area contributed by atoms with E-state index in [-0.39, 0.29) is 0 Å². The van der Waals surface area contributed by atoms with E-state index in [9.17, 15) is 0 Å². The normalized spacial score (nSPS) is 15.5. The van der Waals surface area contributed by atoms with Crippen LogP contribution < -0.4 is 10.6 Å². The first kappa shape index (κ1) is 22.7. The molecule has 0 bridgehead atoms. The van der Waals surface area contributed by atoms with Crippen LogP contribution in [0.15, 0.2) is 35.3 Å². The maximum Gasteiger partial charge on any atom is 0.190 e. The summed E-state index contributed by atoms with van der Waals surface area (Å²) in [4.78, 5) is 4.26. The predicted molar refractivity (Wildman–Crippen MR) is 114 cm³/mol. The Hall–Kier alpha value is -1.63. The second-order valence-electron chi connectivity index (χ2n) is 7.16. The van der Waals surface area contributed by atoms with Crippen molar-refractivity contribution in [3.8, 4) is 0 Å². The molecule has 1 aliphatic rings. The molecule has 0 aliphatic carbocycles. The minimum absolute atomic E-state index is 0.674. The quantitative estimate of drug-likeness (QED) is 0.307. The molecule has 1 heterocycles. The number of ether oxygens (including phenoxy) is 3. The maximum absolute atomic E-state index is 5.79. The summed E-state index contributed by atoms with van der Waals surface area (Å²) in [5.74, 6) is 1.53. The highest BCUT2D eigenvalue weighted by Crippen LogP contribution is 2.14. The van der Waals surface area contributed by atoms with E-state index in [1.54, 1.807) is 7.05 Å². The van der Waals surface area contributed by atoms with Crippen LogP contribution in [0.25, 0.3) is 0 Å². The molecule has 0 radical (unpaired) electrons. The smallest absolute Gasteiger partial charge is 0.190 e. The van der Waals surface area contributed by atoms with E-state index < -0.39 is 0 Å². The van der Waals surface area contributed by atoms with Gasteiger partial charge in [0.15, 0.2) is 5.96 Å². The van der Waals surface area contributed by atoms with Gasteiger partial charge in [0.25, 0.3) is 0 Å². The molecule has 0 aromatic heterocycles. The van der Waals surface area contributed by atoms with Crippen molar-refractivity contribution in [1.29, 1.82) is 0 Å². The molecule has 0 unspecified atom stereocenters. The van der Waals surface area contributed by atoms with Gasteiger partial charge in [-0.15, -0.1) is 0 Å². The number of nitrogens with zero attached hydrogens (tertiary/aromatic N) is 1. The number of aliphatic imine (C=N–C) groups is 1. The summed E-state index contributed by atoms with van der Waals surface area (Å²) in [6, 6.07) is 10.3. The number of hydrogen-bond acceptors (Lipinski definition) is 4. The number of hydrogen-bond donors (Lipinski definition) is 2. The van der Waals surface area contributed by atoms with Gasteiger partial charge in [0.2, 0.25) is 0 Å². The minimum Gasteiger partial charge on any atom is -0.381 e. The minimum atomic E-state index is 0.674. The van der Waals surface area contributed by atoms with Crippen molar-refractivity contribution in [2.24, 2.45) is 10.9 Å². The SMILES string of the molecule is CN=C(NCCCCOCc1ccccc1)NCCCOCC1CCOCC1. The molecule has 1 aromatic rings. The molecule has 1 fully saturated rings. The summed E-state index contributed by atoms with van der Waals surface area (Å²) in [7, 11) is 1.81. The molecule has 158 valence electrons. The number of rotatable bonds is 13. The lowest BCUT2D eigenvalue weighted by atomic mass is 10.0. The first-order valence-electron chi connectivity index (χ1n) is 10.6. The van der Waals surface area contributed by atoms with Gasteiger partial charge < -0.3 is 24.8 Å². The van der Waals surface area contributed by atoms with Crippen LogP contribution in [0.3, 0.4) is 0 Å². The highest BCUT2D eigenvalue weighted by atomic mass is 16.5. The first-order valence-corrected chi connectivity index (χ1v) is 10.6. The monoisotopic (exact) mass is 391 g/mol. The van der Waals surface area contributed by atoms with E-state index in [1.165, 1.54) is 5.56 Å². The van der Waals surface area contributed by atoms with E-state index in [4.69, 9.17) is 14.2 Å². The van der Waals surface area contributed by atoms with Gasteiger partial charge in [-0.05, 0) is 43.6 Å². The van der Waals surface area contributed by atoms with Gasteiger partial charge in [-0.1, -0.05) is 30.3 Å². The second kappa shape index (κ2) is 15.3. The fraction of sp³-hybridized carbons (Fsp3) is 0.682. The molecule has 0 amide bonds. The van der Waals surface area contributed by atoms with Gasteiger partial charge >= 0.3 is 0 Å². The van der Waals surface area contributed by atoms with E-state index in [2.05, 4.69) is 27.8 Å². The molecule has 2 rings (SSSR count). The Kier molecular flexibility index (Phi) is 12.4. The highest BCUT2D eigenvalue weighted by molar-refractivity contribution is 5.79. The largest absolute Gasteiger partial charge is 0.381 e. The predicted octanol–water partition coefficient (Wildman–Crippen LogP) is 2.98. The molecule has 0 saturated carbocycles. The number of nitrogens with one attached hydrogen (secondary N) is 2. The van der Waals surface area contributed by atoms with Crippen LogP contribution in [0.2, 0.25) is 0 Å². The Labute approximate surface area is 170 Å². The van der Waals surface area contributed by atoms with Crippen molar-refractivity contribution < 1.29 is 14.2 Å². The summed E-state index contributed by atoms with van der Waals surface area (Å²) >= 11 is 0. The molecule has 1 saturated heterocycles. The molecular weight excluding hydrogens is 354 g/mol. The van der Waals surface area contributed by atoms with Crippen LogP contribution in [0.5, 0.6) is 0 Å². The third-order valence-electron chi connectivity index (χ3n) is 4.80. The number of benzene rings is 1. The second-order valence-corrected chi connectivity index (χ2v) is 7.16. The summed E-state index contributed by atoms with van der Waals surface area (Å²) in [6.07, 6.45) is 5.34. The van der Waals surface area contributed by atoms with Crippen LogP contribution in [0.1, 0.15) is 37.7 Å². The van der Waals surface area contributed by atoms with Crippen LogP contribution >= 0.6 is 0 Å². The summed E-state index contributed by atoms with van der Waals surface area (Å²) in [5.41, 5.74) is 1.22. The Balaban J connectivity index is 1.38. The fourth-order valence-electron chi connectivity index (χ4n) is 3.06. The molecule has 2 N–H and O–H groups in total. The Bertz CT molecular complexity index is 519. The first-order chi connectivity index (χ1) is 13.9. The van der Waals surface area contributed by atoms with E-state index in [0.717, 1.165) is 84.2 Å². The van der Waals surface area contributed by atoms with Crippen molar-refractivity contribution in [3.05, 3.63) is 35.9 Å². The Morgan fingerprint density at radius 3 is 2.46 bits per heavy atom. The van der Waals surface area contributed by atoms with Crippen LogP contribution in [0.4, 0.5) is 0 Å². The zero-order valence-corrected chi connectivity index (χ0v) is 17.3. The molecule has 6 heteroatoms. The van der Waals surface area contributed by atoms with Gasteiger partial charge in [-0.2, -0.15) is 0 Å². The molecular formula is C22H37N3O3. The van der Waals surface area contributed by atoms with E-state index >= 15 is 0 Å². The molecule has 6 nitrogen and oxygen atoms in total. The summed E-state index contributed by atoms with van der Waals surface area (Å²) < 4.78 is 16.9. The van der Waals surface area contributed by atoms with Gasteiger partial charge in [0.05, 0.1) is 6.61 Å². The average molecular weight is 392 g/mol. The highest BCUT2D eigenvalue weighted by Gasteiger charge is 2.13. The van der Waals surface area contributed by atoms with Crippen molar-refractivity contribution in [2.75, 3.05) is 53.2 Å². The Morgan fingerprint density at radius 2 is 1.71 bits per heavy atom. The number of guanidine groups is 1. The van der Waals surface area contributed by atoms with Crippen molar-refractivity contribution >= 4 is 5.96 Å². The number of unbranched alkanes of at least 4 members (excludes halogenated alkanes) is 1. The molecule has 0 atom stereocenters. The maximum atomic E-state index is 5.79. The molecule has 28 heavy (non-hydrogen) atoms. The van der Waals surface area contributed by atoms with Gasteiger partial charge in [0, 0.05) is 53.2 Å². The average Bonchev–Trinajstić information content (AvgIpc) is 2.75. The summed E-state index contributed by atoms with van der Waals surface area (Å²) in [5, 5.41) is 6.69. The fourth-order valence-corrected chi connectivity index (χ4v) is 3.06.